The standard InChI is InChI=1S/5ClH.H3NO.Ti/c;;;;;1-2;/h5*1H;2H,1H2;. The molecule has 0 aliphatic carbocycles. The molecule has 0 spiro atoms. The van der Waals surface area contributed by atoms with Gasteiger partial charge in [-0.1, -0.05) is 0 Å². The summed E-state index contributed by atoms with van der Waals surface area (Å²) in [6.07, 6.45) is 0. The molecule has 3 N–H and O–H groups in total. The molecule has 0 aromatic heterocycles. The monoisotopic (exact) mass is 261 g/mol. The van der Waals surface area contributed by atoms with E-state index in [2.05, 4.69) is 5.90 Å². The molecule has 8 heteroatoms. The molecule has 0 aromatic rings. The second-order valence-corrected chi connectivity index (χ2v) is 0. The average Bonchev–Trinajstić information content (AvgIpc) is 1.00. The molecule has 0 amide bonds. The summed E-state index contributed by atoms with van der Waals surface area (Å²) in [7, 11) is 0. The van der Waals surface area contributed by atoms with E-state index in [4.69, 9.17) is 5.21 Å². The van der Waals surface area contributed by atoms with Crippen molar-refractivity contribution in [1.29, 1.82) is 0 Å². The van der Waals surface area contributed by atoms with Crippen molar-refractivity contribution in [3.05, 3.63) is 0 Å². The number of nitrogens with two attached hydrogens (primary N) is 1. The second-order valence-electron chi connectivity index (χ2n) is 0. The first-order valence-corrected chi connectivity index (χ1v) is 0.258. The van der Waals surface area contributed by atoms with Crippen molar-refractivity contribution in [2.24, 2.45) is 5.90 Å². The summed E-state index contributed by atoms with van der Waals surface area (Å²) in [5.41, 5.74) is 0. The van der Waals surface area contributed by atoms with Crippen LogP contribution in [-0.2, 0) is 21.7 Å². The largest absolute Gasteiger partial charge is 0.320 e. The molecule has 0 aliphatic heterocycles. The van der Waals surface area contributed by atoms with Crippen molar-refractivity contribution in [2.75, 3.05) is 0 Å². The number of hydrogen-bond donors (Lipinski definition) is 2. The minimum atomic E-state index is 0. The fraction of sp³-hybridized carbons (Fsp3) is 0. The maximum atomic E-state index is 6.50. The maximum Gasteiger partial charge on any atom is 0 e. The van der Waals surface area contributed by atoms with E-state index in [-0.39, 0.29) is 83.8 Å². The van der Waals surface area contributed by atoms with Gasteiger partial charge in [-0.3, -0.25) is 0 Å². The fourth-order valence-corrected chi connectivity index (χ4v) is 0. The Morgan fingerprint density at radius 2 is 0.625 bits per heavy atom. The van der Waals surface area contributed by atoms with Crippen LogP contribution >= 0.6 is 62.0 Å². The van der Waals surface area contributed by atoms with E-state index in [0.717, 1.165) is 0 Å². The van der Waals surface area contributed by atoms with Gasteiger partial charge in [-0.15, -0.1) is 62.0 Å². The van der Waals surface area contributed by atoms with Crippen molar-refractivity contribution < 1.29 is 26.9 Å². The molecule has 0 aromatic carbocycles. The Hall–Kier alpha value is 2.08. The first kappa shape index (κ1) is 87.5. The maximum absolute atomic E-state index is 6.50. The Labute approximate surface area is 94.2 Å². The molecule has 0 fully saturated rings. The van der Waals surface area contributed by atoms with Gasteiger partial charge in [0.05, 0.1) is 0 Å². The van der Waals surface area contributed by atoms with Crippen LogP contribution in [0.4, 0.5) is 0 Å². The van der Waals surface area contributed by atoms with Gasteiger partial charge in [0, 0.05) is 21.7 Å². The minimum absolute atomic E-state index is 0. The summed E-state index contributed by atoms with van der Waals surface area (Å²) >= 11 is 0. The smallest absolute Gasteiger partial charge is 0 e. The van der Waals surface area contributed by atoms with Gasteiger partial charge in [0.15, 0.2) is 0 Å². The quantitative estimate of drug-likeness (QED) is 0.513. The van der Waals surface area contributed by atoms with Crippen LogP contribution in [0.15, 0.2) is 0 Å². The van der Waals surface area contributed by atoms with Crippen LogP contribution in [0.25, 0.3) is 0 Å². The Morgan fingerprint density at radius 3 is 0.625 bits per heavy atom. The summed E-state index contributed by atoms with van der Waals surface area (Å²) in [4.78, 5) is 0. The van der Waals surface area contributed by atoms with E-state index in [1.165, 1.54) is 0 Å². The zero-order valence-electron chi connectivity index (χ0n) is 3.57. The molecule has 0 bridgehead atoms. The van der Waals surface area contributed by atoms with E-state index >= 15 is 0 Å². The molecule has 8 heavy (non-hydrogen) atoms. The molecule has 58 valence electrons. The molecule has 2 nitrogen and oxygen atoms in total. The molecule has 0 rings (SSSR count). The molecule has 0 heterocycles. The Kier molecular flexibility index (Phi) is 1490. The Balaban J connectivity index is -0.000000000333. The molecular formula is H8Cl5NOTi. The Morgan fingerprint density at radius 1 is 0.625 bits per heavy atom. The van der Waals surface area contributed by atoms with Gasteiger partial charge in [-0.05, 0) is 0 Å². The molecular weight excluding hydrogens is 255 g/mol. The molecule has 0 atom stereocenters. The summed E-state index contributed by atoms with van der Waals surface area (Å²) in [5.74, 6) is 3.50. The zero-order valence-corrected chi connectivity index (χ0v) is 9.21. The zero-order chi connectivity index (χ0) is 2.00. The summed E-state index contributed by atoms with van der Waals surface area (Å²) < 4.78 is 0. The van der Waals surface area contributed by atoms with E-state index in [0.29, 0.717) is 0 Å². The topological polar surface area (TPSA) is 46.2 Å². The van der Waals surface area contributed by atoms with Crippen LogP contribution in [0.5, 0.6) is 0 Å². The third-order valence-electron chi connectivity index (χ3n) is 0. The first-order chi connectivity index (χ1) is 1.00. The minimum Gasteiger partial charge on any atom is -0.320 e. The molecule has 0 radical (unpaired) electrons. The number of hydrogen-bond acceptors (Lipinski definition) is 2. The van der Waals surface area contributed by atoms with E-state index < -0.39 is 0 Å². The van der Waals surface area contributed by atoms with Crippen LogP contribution in [-0.4, -0.2) is 5.21 Å². The van der Waals surface area contributed by atoms with Crippen molar-refractivity contribution in [3.63, 3.8) is 0 Å². The molecule has 0 aliphatic rings. The van der Waals surface area contributed by atoms with E-state index in [1.807, 2.05) is 0 Å². The van der Waals surface area contributed by atoms with Crippen LogP contribution in [0.2, 0.25) is 0 Å². The first-order valence-electron chi connectivity index (χ1n) is 0.258. The van der Waals surface area contributed by atoms with Crippen LogP contribution < -0.4 is 5.90 Å². The van der Waals surface area contributed by atoms with E-state index in [1.54, 1.807) is 0 Å². The molecule has 0 unspecified atom stereocenters. The average molecular weight is 263 g/mol. The molecule has 0 saturated carbocycles. The third kappa shape index (κ3) is 93.4. The van der Waals surface area contributed by atoms with Crippen molar-refractivity contribution in [2.45, 2.75) is 0 Å². The third-order valence-corrected chi connectivity index (χ3v) is 0. The van der Waals surface area contributed by atoms with Crippen LogP contribution in [0.1, 0.15) is 0 Å². The van der Waals surface area contributed by atoms with Gasteiger partial charge in [-0.2, -0.15) is 0 Å². The summed E-state index contributed by atoms with van der Waals surface area (Å²) in [6, 6.07) is 0. The van der Waals surface area contributed by atoms with Gasteiger partial charge >= 0.3 is 0 Å². The Bertz CT molecular complexity index is 12.4. The number of rotatable bonds is 0. The fourth-order valence-electron chi connectivity index (χ4n) is 0. The second kappa shape index (κ2) is 137. The van der Waals surface area contributed by atoms with E-state index in [9.17, 15) is 0 Å². The van der Waals surface area contributed by atoms with Crippen LogP contribution in [0.3, 0.4) is 0 Å². The summed E-state index contributed by atoms with van der Waals surface area (Å²) in [6.45, 7) is 0. The van der Waals surface area contributed by atoms with Crippen molar-refractivity contribution in [3.8, 4) is 0 Å². The van der Waals surface area contributed by atoms with Crippen LogP contribution in [0, 0.1) is 0 Å². The molecule has 0 saturated heterocycles. The SMILES string of the molecule is Cl.Cl.Cl.Cl.Cl.NO.[Ti]. The van der Waals surface area contributed by atoms with Gasteiger partial charge < -0.3 is 5.21 Å². The van der Waals surface area contributed by atoms with Gasteiger partial charge in [0.25, 0.3) is 0 Å². The number of halogens is 5. The van der Waals surface area contributed by atoms with Gasteiger partial charge in [0.2, 0.25) is 0 Å². The predicted molar refractivity (Wildman–Crippen MR) is 42.2 cm³/mol. The van der Waals surface area contributed by atoms with Gasteiger partial charge in [0.1, 0.15) is 0 Å². The van der Waals surface area contributed by atoms with Crippen molar-refractivity contribution in [1.82, 2.24) is 0 Å². The summed E-state index contributed by atoms with van der Waals surface area (Å²) in [5, 5.41) is 6.50. The predicted octanol–water partition coefficient (Wildman–Crippen LogP) is 1.44. The van der Waals surface area contributed by atoms with Crippen molar-refractivity contribution >= 4 is 62.0 Å². The normalized spacial score (nSPS) is 0.750. The van der Waals surface area contributed by atoms with Gasteiger partial charge in [-0.25, -0.2) is 5.90 Å².